The quantitative estimate of drug-likeness (QED) is 0.284. The summed E-state index contributed by atoms with van der Waals surface area (Å²) in [4.78, 5) is 21.0. The predicted octanol–water partition coefficient (Wildman–Crippen LogP) is 6.10. The molecule has 0 aliphatic heterocycles. The van der Waals surface area contributed by atoms with Gasteiger partial charge in [0.15, 0.2) is 0 Å². The second-order valence-electron chi connectivity index (χ2n) is 10.4. The molecule has 0 radical (unpaired) electrons. The maximum Gasteiger partial charge on any atom is 0.231 e. The van der Waals surface area contributed by atoms with Crippen LogP contribution in [0.2, 0.25) is 5.02 Å². The molecule has 0 bridgehead atoms. The van der Waals surface area contributed by atoms with Crippen molar-refractivity contribution < 1.29 is 9.00 Å². The van der Waals surface area contributed by atoms with Gasteiger partial charge in [-0.15, -0.1) is 0 Å². The van der Waals surface area contributed by atoms with E-state index in [4.69, 9.17) is 11.6 Å². The molecule has 1 N–H and O–H groups in total. The number of halogens is 1. The van der Waals surface area contributed by atoms with Crippen LogP contribution in [0.3, 0.4) is 0 Å². The highest BCUT2D eigenvalue weighted by Gasteiger charge is 2.46. The highest BCUT2D eigenvalue weighted by atomic mass is 35.5. The number of amides is 1. The fraction of sp³-hybridized carbons (Fsp3) is 0.290. The van der Waals surface area contributed by atoms with E-state index in [9.17, 15) is 9.00 Å². The lowest BCUT2D eigenvalue weighted by Gasteiger charge is -2.29. The summed E-state index contributed by atoms with van der Waals surface area (Å²) in [6.07, 6.45) is 7.36. The molecule has 1 heterocycles. The van der Waals surface area contributed by atoms with Crippen molar-refractivity contribution in [3.63, 3.8) is 0 Å². The van der Waals surface area contributed by atoms with Crippen molar-refractivity contribution >= 4 is 34.2 Å². The van der Waals surface area contributed by atoms with Crippen LogP contribution in [-0.4, -0.2) is 19.7 Å². The summed E-state index contributed by atoms with van der Waals surface area (Å²) in [5, 5.41) is 0.561. The summed E-state index contributed by atoms with van der Waals surface area (Å²) in [7, 11) is 0.546. The smallest absolute Gasteiger partial charge is 0.231 e. The maximum atomic E-state index is 14.0. The van der Waals surface area contributed by atoms with Crippen molar-refractivity contribution in [1.29, 1.82) is 0 Å². The molecule has 4 atom stereocenters. The van der Waals surface area contributed by atoms with Gasteiger partial charge in [0, 0.05) is 42.1 Å². The number of aromatic nitrogens is 2. The highest BCUT2D eigenvalue weighted by molar-refractivity contribution is 7.83. The third kappa shape index (κ3) is 5.57. The van der Waals surface area contributed by atoms with Crippen LogP contribution < -0.4 is 9.62 Å². The van der Waals surface area contributed by atoms with Crippen LogP contribution in [-0.2, 0) is 35.8 Å². The molecule has 6 nitrogen and oxygen atoms in total. The fourth-order valence-corrected chi connectivity index (χ4v) is 6.91. The van der Waals surface area contributed by atoms with E-state index >= 15 is 0 Å². The van der Waals surface area contributed by atoms with Crippen molar-refractivity contribution in [2.75, 3.05) is 4.90 Å². The monoisotopic (exact) mass is 558 g/mol. The second kappa shape index (κ2) is 11.1. The molecule has 2 aliphatic carbocycles. The summed E-state index contributed by atoms with van der Waals surface area (Å²) in [5.41, 5.74) is 4.39. The molecule has 0 saturated heterocycles. The SMILES string of the molecule is Cn1ccnc1CN(C(=O)[C@H]1C[C@@H]1c1ccccc1)c1ccc2c(c1)C(NS(=O)c1cccc(Cl)c1)CCC2. The molecule has 4 aromatic rings. The average molecular weight is 559 g/mol. The molecule has 1 saturated carbocycles. The Labute approximate surface area is 236 Å². The van der Waals surface area contributed by atoms with Crippen molar-refractivity contribution in [2.45, 2.75) is 49.1 Å². The van der Waals surface area contributed by atoms with E-state index in [1.54, 1.807) is 18.3 Å². The summed E-state index contributed by atoms with van der Waals surface area (Å²) in [5.74, 6) is 1.15. The summed E-state index contributed by atoms with van der Waals surface area (Å²) in [6.45, 7) is 0.395. The van der Waals surface area contributed by atoms with Crippen LogP contribution in [0.1, 0.15) is 53.7 Å². The van der Waals surface area contributed by atoms with E-state index in [2.05, 4.69) is 40.0 Å². The lowest BCUT2D eigenvalue weighted by atomic mass is 9.87. The molecule has 2 unspecified atom stereocenters. The van der Waals surface area contributed by atoms with Gasteiger partial charge in [0.05, 0.1) is 11.4 Å². The standard InChI is InChI=1S/C31H31ClN4O2S/c1-35-16-15-33-30(35)20-36(31(37)28-19-26(28)21-7-3-2-4-8-21)24-14-13-22-9-5-12-29(27(22)18-24)34-39(38)25-11-6-10-23(32)17-25/h2-4,6-8,10-11,13-18,26,28-29,34H,5,9,12,19-20H2,1H3/t26-,28+,29?,39?/m1/s1. The largest absolute Gasteiger partial charge is 0.337 e. The van der Waals surface area contributed by atoms with Gasteiger partial charge in [-0.25, -0.2) is 13.9 Å². The Balaban J connectivity index is 1.30. The molecule has 2 aliphatic rings. The molecule has 0 spiro atoms. The highest BCUT2D eigenvalue weighted by Crippen LogP contribution is 2.49. The Hall–Kier alpha value is -3.26. The first kappa shape index (κ1) is 26.0. The molecular formula is C31H31ClN4O2S. The second-order valence-corrected chi connectivity index (χ2v) is 12.1. The lowest BCUT2D eigenvalue weighted by molar-refractivity contribution is -0.120. The van der Waals surface area contributed by atoms with Gasteiger partial charge in [-0.05, 0) is 78.6 Å². The van der Waals surface area contributed by atoms with E-state index in [-0.39, 0.29) is 23.8 Å². The summed E-state index contributed by atoms with van der Waals surface area (Å²) in [6, 6.07) is 23.6. The van der Waals surface area contributed by atoms with Gasteiger partial charge in [0.2, 0.25) is 5.91 Å². The number of hydrogen-bond acceptors (Lipinski definition) is 3. The van der Waals surface area contributed by atoms with Crippen molar-refractivity contribution in [3.05, 3.63) is 113 Å². The number of imidazole rings is 1. The summed E-state index contributed by atoms with van der Waals surface area (Å²) >= 11 is 6.14. The van der Waals surface area contributed by atoms with Gasteiger partial charge in [-0.3, -0.25) is 4.79 Å². The molecule has 8 heteroatoms. The summed E-state index contributed by atoms with van der Waals surface area (Å²) < 4.78 is 18.5. The van der Waals surface area contributed by atoms with Crippen molar-refractivity contribution in [2.24, 2.45) is 13.0 Å². The van der Waals surface area contributed by atoms with Crippen molar-refractivity contribution in [1.82, 2.24) is 14.3 Å². The Kier molecular flexibility index (Phi) is 7.38. The number of aryl methyl sites for hydroxylation is 2. The predicted molar refractivity (Wildman–Crippen MR) is 155 cm³/mol. The molecule has 39 heavy (non-hydrogen) atoms. The van der Waals surface area contributed by atoms with E-state index < -0.39 is 11.0 Å². The number of anilines is 1. The Morgan fingerprint density at radius 3 is 2.74 bits per heavy atom. The lowest BCUT2D eigenvalue weighted by Crippen LogP contribution is -2.34. The zero-order chi connectivity index (χ0) is 26.9. The molecule has 1 amide bonds. The number of benzene rings is 3. The van der Waals surface area contributed by atoms with Crippen LogP contribution >= 0.6 is 11.6 Å². The van der Waals surface area contributed by atoms with Gasteiger partial charge in [0.1, 0.15) is 16.8 Å². The minimum absolute atomic E-state index is 0.0482. The molecular weight excluding hydrogens is 528 g/mol. The average Bonchev–Trinajstić information content (AvgIpc) is 3.66. The minimum atomic E-state index is -1.41. The van der Waals surface area contributed by atoms with Gasteiger partial charge >= 0.3 is 0 Å². The number of carbonyl (C=O) groups is 1. The number of nitrogens with one attached hydrogen (secondary N) is 1. The number of rotatable bonds is 8. The first-order valence-corrected chi connectivity index (χ1v) is 14.9. The minimum Gasteiger partial charge on any atom is -0.337 e. The Morgan fingerprint density at radius 2 is 1.97 bits per heavy atom. The van der Waals surface area contributed by atoms with Crippen LogP contribution in [0.25, 0.3) is 0 Å². The van der Waals surface area contributed by atoms with Gasteiger partial charge in [-0.1, -0.05) is 54.1 Å². The van der Waals surface area contributed by atoms with Crippen LogP contribution in [0, 0.1) is 5.92 Å². The molecule has 200 valence electrons. The number of hydrogen-bond donors (Lipinski definition) is 1. The van der Waals surface area contributed by atoms with E-state index in [1.165, 1.54) is 11.1 Å². The zero-order valence-electron chi connectivity index (χ0n) is 21.8. The van der Waals surface area contributed by atoms with E-state index in [1.807, 2.05) is 53.0 Å². The van der Waals surface area contributed by atoms with Gasteiger partial charge in [0.25, 0.3) is 0 Å². The Bertz CT molecular complexity index is 1520. The van der Waals surface area contributed by atoms with E-state index in [0.717, 1.165) is 42.8 Å². The normalized spacial score (nSPS) is 20.7. The molecule has 1 aromatic heterocycles. The number of fused-ring (bicyclic) bond motifs is 1. The van der Waals surface area contributed by atoms with Gasteiger partial charge in [-0.2, -0.15) is 0 Å². The molecule has 1 fully saturated rings. The van der Waals surface area contributed by atoms with Crippen molar-refractivity contribution in [3.8, 4) is 0 Å². The third-order valence-corrected chi connectivity index (χ3v) is 9.25. The Morgan fingerprint density at radius 1 is 1.13 bits per heavy atom. The van der Waals surface area contributed by atoms with Crippen LogP contribution in [0.4, 0.5) is 5.69 Å². The zero-order valence-corrected chi connectivity index (χ0v) is 23.4. The number of carbonyl (C=O) groups excluding carboxylic acids is 1. The molecule has 6 rings (SSSR count). The third-order valence-electron chi connectivity index (χ3n) is 7.84. The molecule has 3 aromatic carbocycles. The topological polar surface area (TPSA) is 67.2 Å². The maximum absolute atomic E-state index is 14.0. The fourth-order valence-electron chi connectivity index (χ4n) is 5.58. The van der Waals surface area contributed by atoms with Gasteiger partial charge < -0.3 is 9.47 Å². The number of nitrogens with zero attached hydrogens (tertiary/aromatic N) is 3. The van der Waals surface area contributed by atoms with Crippen LogP contribution in [0.5, 0.6) is 0 Å². The first-order valence-electron chi connectivity index (χ1n) is 13.4. The first-order chi connectivity index (χ1) is 19.0. The van der Waals surface area contributed by atoms with E-state index in [0.29, 0.717) is 16.5 Å². The van der Waals surface area contributed by atoms with Crippen LogP contribution in [0.15, 0.2) is 90.1 Å².